The Balaban J connectivity index is 2.27. The second-order valence-corrected chi connectivity index (χ2v) is 6.41. The molecule has 0 aliphatic carbocycles. The molecular formula is C15H31N3O3. The fraction of sp³-hybridized carbons (Fsp3) is 0.933. The highest BCUT2D eigenvalue weighted by atomic mass is 16.6. The van der Waals surface area contributed by atoms with Crippen molar-refractivity contribution in [3.8, 4) is 0 Å². The summed E-state index contributed by atoms with van der Waals surface area (Å²) in [5.41, 5.74) is 5.25. The van der Waals surface area contributed by atoms with Gasteiger partial charge in [-0.15, -0.1) is 0 Å². The van der Waals surface area contributed by atoms with E-state index in [1.165, 1.54) is 0 Å². The molecule has 124 valence electrons. The molecule has 1 saturated heterocycles. The zero-order valence-electron chi connectivity index (χ0n) is 13.9. The van der Waals surface area contributed by atoms with Gasteiger partial charge in [0.05, 0.1) is 6.10 Å². The average Bonchev–Trinajstić information content (AvgIpc) is 2.42. The zero-order valence-corrected chi connectivity index (χ0v) is 13.9. The molecule has 0 bridgehead atoms. The van der Waals surface area contributed by atoms with Crippen LogP contribution in [-0.2, 0) is 9.47 Å². The monoisotopic (exact) mass is 301 g/mol. The van der Waals surface area contributed by atoms with Gasteiger partial charge in [0.25, 0.3) is 0 Å². The van der Waals surface area contributed by atoms with Gasteiger partial charge in [0.1, 0.15) is 5.60 Å². The predicted molar refractivity (Wildman–Crippen MR) is 83.3 cm³/mol. The molecule has 6 nitrogen and oxygen atoms in total. The van der Waals surface area contributed by atoms with Gasteiger partial charge in [-0.2, -0.15) is 0 Å². The van der Waals surface area contributed by atoms with Gasteiger partial charge >= 0.3 is 6.09 Å². The van der Waals surface area contributed by atoms with Gasteiger partial charge in [0, 0.05) is 45.9 Å². The summed E-state index contributed by atoms with van der Waals surface area (Å²) in [5.74, 6) is 0. The Morgan fingerprint density at radius 1 is 1.24 bits per heavy atom. The Morgan fingerprint density at radius 2 is 1.86 bits per heavy atom. The number of rotatable bonds is 6. The predicted octanol–water partition coefficient (Wildman–Crippen LogP) is 1.29. The molecule has 1 unspecified atom stereocenters. The smallest absolute Gasteiger partial charge is 0.410 e. The molecule has 1 aliphatic heterocycles. The van der Waals surface area contributed by atoms with E-state index in [0.717, 1.165) is 39.1 Å². The molecule has 0 aromatic heterocycles. The highest BCUT2D eigenvalue weighted by Gasteiger charge is 2.25. The SMILES string of the molecule is CCOC(CN)CCN1CCN(C(=O)OC(C)(C)C)CC1. The van der Waals surface area contributed by atoms with Gasteiger partial charge in [-0.1, -0.05) is 0 Å². The molecule has 1 fully saturated rings. The molecular weight excluding hydrogens is 270 g/mol. The number of carbonyl (C=O) groups is 1. The van der Waals surface area contributed by atoms with Crippen molar-refractivity contribution in [3.05, 3.63) is 0 Å². The van der Waals surface area contributed by atoms with E-state index >= 15 is 0 Å². The summed E-state index contributed by atoms with van der Waals surface area (Å²) in [5, 5.41) is 0. The minimum Gasteiger partial charge on any atom is -0.444 e. The first-order valence-electron chi connectivity index (χ1n) is 7.87. The number of hydrogen-bond donors (Lipinski definition) is 1. The maximum atomic E-state index is 12.0. The molecule has 0 radical (unpaired) electrons. The molecule has 2 N–H and O–H groups in total. The van der Waals surface area contributed by atoms with Crippen LogP contribution < -0.4 is 5.73 Å². The molecule has 21 heavy (non-hydrogen) atoms. The van der Waals surface area contributed by atoms with Crippen LogP contribution in [0.5, 0.6) is 0 Å². The van der Waals surface area contributed by atoms with Crippen molar-refractivity contribution < 1.29 is 14.3 Å². The fourth-order valence-electron chi connectivity index (χ4n) is 2.31. The van der Waals surface area contributed by atoms with Crippen LogP contribution in [0.15, 0.2) is 0 Å². The summed E-state index contributed by atoms with van der Waals surface area (Å²) in [4.78, 5) is 16.1. The second-order valence-electron chi connectivity index (χ2n) is 6.41. The van der Waals surface area contributed by atoms with E-state index in [-0.39, 0.29) is 12.2 Å². The molecule has 0 aromatic carbocycles. The first-order valence-corrected chi connectivity index (χ1v) is 7.87. The first-order chi connectivity index (χ1) is 9.85. The molecule has 0 saturated carbocycles. The van der Waals surface area contributed by atoms with Crippen molar-refractivity contribution in [1.29, 1.82) is 0 Å². The van der Waals surface area contributed by atoms with Crippen molar-refractivity contribution in [2.45, 2.75) is 45.8 Å². The highest BCUT2D eigenvalue weighted by Crippen LogP contribution is 2.12. The van der Waals surface area contributed by atoms with Crippen molar-refractivity contribution in [2.24, 2.45) is 5.73 Å². The summed E-state index contributed by atoms with van der Waals surface area (Å²) in [7, 11) is 0. The molecule has 1 atom stereocenters. The van der Waals surface area contributed by atoms with Gasteiger partial charge in [0.15, 0.2) is 0 Å². The average molecular weight is 301 g/mol. The third kappa shape index (κ3) is 7.11. The summed E-state index contributed by atoms with van der Waals surface area (Å²) in [6, 6.07) is 0. The lowest BCUT2D eigenvalue weighted by Crippen LogP contribution is -2.50. The van der Waals surface area contributed by atoms with E-state index in [2.05, 4.69) is 4.90 Å². The van der Waals surface area contributed by atoms with Crippen LogP contribution in [0.4, 0.5) is 4.79 Å². The molecule has 1 heterocycles. The molecule has 1 aliphatic rings. The number of hydrogen-bond acceptors (Lipinski definition) is 5. The summed E-state index contributed by atoms with van der Waals surface area (Å²) in [6.45, 7) is 13.1. The lowest BCUT2D eigenvalue weighted by molar-refractivity contribution is 0.0112. The number of ether oxygens (including phenoxy) is 2. The standard InChI is InChI=1S/C15H31N3O3/c1-5-20-13(12-16)6-7-17-8-10-18(11-9-17)14(19)21-15(2,3)4/h13H,5-12,16H2,1-4H3. The number of amides is 1. The van der Waals surface area contributed by atoms with Crippen molar-refractivity contribution in [3.63, 3.8) is 0 Å². The van der Waals surface area contributed by atoms with Crippen LogP contribution in [0.1, 0.15) is 34.1 Å². The molecule has 6 heteroatoms. The van der Waals surface area contributed by atoms with Gasteiger partial charge in [-0.05, 0) is 34.1 Å². The maximum absolute atomic E-state index is 12.0. The molecule has 0 spiro atoms. The van der Waals surface area contributed by atoms with Gasteiger partial charge in [-0.3, -0.25) is 4.90 Å². The number of nitrogens with zero attached hydrogens (tertiary/aromatic N) is 2. The van der Waals surface area contributed by atoms with Crippen molar-refractivity contribution in [2.75, 3.05) is 45.9 Å². The highest BCUT2D eigenvalue weighted by molar-refractivity contribution is 5.68. The van der Waals surface area contributed by atoms with Crippen LogP contribution in [0, 0.1) is 0 Å². The molecule has 1 amide bonds. The van der Waals surface area contributed by atoms with E-state index in [1.54, 1.807) is 4.90 Å². The number of piperazine rings is 1. The minimum absolute atomic E-state index is 0.138. The van der Waals surface area contributed by atoms with Crippen LogP contribution in [0.3, 0.4) is 0 Å². The lowest BCUT2D eigenvalue weighted by atomic mass is 10.2. The van der Waals surface area contributed by atoms with E-state index in [0.29, 0.717) is 13.2 Å². The normalized spacial score (nSPS) is 18.6. The number of nitrogens with two attached hydrogens (primary N) is 1. The van der Waals surface area contributed by atoms with E-state index < -0.39 is 5.60 Å². The summed E-state index contributed by atoms with van der Waals surface area (Å²) in [6.07, 6.45) is 0.867. The Kier molecular flexibility index (Phi) is 7.42. The van der Waals surface area contributed by atoms with Gasteiger partial charge in [-0.25, -0.2) is 4.79 Å². The van der Waals surface area contributed by atoms with E-state index in [9.17, 15) is 4.79 Å². The third-order valence-corrected chi connectivity index (χ3v) is 3.46. The Hall–Kier alpha value is -0.850. The molecule has 0 aromatic rings. The topological polar surface area (TPSA) is 68.0 Å². The van der Waals surface area contributed by atoms with E-state index in [1.807, 2.05) is 27.7 Å². The minimum atomic E-state index is -0.430. The maximum Gasteiger partial charge on any atom is 0.410 e. The number of carbonyl (C=O) groups excluding carboxylic acids is 1. The van der Waals surface area contributed by atoms with Gasteiger partial charge < -0.3 is 20.1 Å². The summed E-state index contributed by atoms with van der Waals surface area (Å²) < 4.78 is 11.0. The van der Waals surface area contributed by atoms with Crippen molar-refractivity contribution >= 4 is 6.09 Å². The molecule has 1 rings (SSSR count). The van der Waals surface area contributed by atoms with Crippen LogP contribution in [0.2, 0.25) is 0 Å². The van der Waals surface area contributed by atoms with Gasteiger partial charge in [0.2, 0.25) is 0 Å². The van der Waals surface area contributed by atoms with Crippen LogP contribution in [0.25, 0.3) is 0 Å². The Bertz CT molecular complexity index is 310. The quantitative estimate of drug-likeness (QED) is 0.801. The van der Waals surface area contributed by atoms with E-state index in [4.69, 9.17) is 15.2 Å². The largest absolute Gasteiger partial charge is 0.444 e. The Labute approximate surface area is 128 Å². The fourth-order valence-corrected chi connectivity index (χ4v) is 2.31. The lowest BCUT2D eigenvalue weighted by Gasteiger charge is -2.36. The second kappa shape index (κ2) is 8.56. The van der Waals surface area contributed by atoms with Crippen LogP contribution >= 0.6 is 0 Å². The van der Waals surface area contributed by atoms with Crippen LogP contribution in [-0.4, -0.2) is 73.5 Å². The zero-order chi connectivity index (χ0) is 15.9. The Morgan fingerprint density at radius 3 is 2.33 bits per heavy atom. The summed E-state index contributed by atoms with van der Waals surface area (Å²) >= 11 is 0. The van der Waals surface area contributed by atoms with Crippen molar-refractivity contribution in [1.82, 2.24) is 9.80 Å². The third-order valence-electron chi connectivity index (χ3n) is 3.46. The first kappa shape index (κ1) is 18.2.